The highest BCUT2D eigenvalue weighted by Gasteiger charge is 2.22. The molecule has 1 unspecified atom stereocenters. The molecule has 1 aromatic heterocycles. The number of anilines is 1. The van der Waals surface area contributed by atoms with Gasteiger partial charge in [0.25, 0.3) is 0 Å². The van der Waals surface area contributed by atoms with E-state index in [2.05, 4.69) is 14.9 Å². The normalized spacial score (nSPS) is 19.4. The summed E-state index contributed by atoms with van der Waals surface area (Å²) in [5.41, 5.74) is 0.949. The number of hydrogen-bond donors (Lipinski definition) is 0. The fraction of sp³-hybridized carbons (Fsp3) is 0.733. The molecule has 1 aliphatic heterocycles. The van der Waals surface area contributed by atoms with E-state index >= 15 is 0 Å². The van der Waals surface area contributed by atoms with Gasteiger partial charge in [0.1, 0.15) is 0 Å². The minimum atomic E-state index is 0.127. The Labute approximate surface area is 126 Å². The first-order valence-corrected chi connectivity index (χ1v) is 7.95. The third-order valence-electron chi connectivity index (χ3n) is 3.49. The standard InChI is InChI=1S/C15H24ClN3O/c1-11(2)20-14-9-12(3)17-15(18-14)19-8-4-5-13(10-19)6-7-16/h9,11,13H,4-8,10H2,1-3H3. The first-order valence-electron chi connectivity index (χ1n) is 7.41. The van der Waals surface area contributed by atoms with Crippen molar-refractivity contribution in [1.29, 1.82) is 0 Å². The molecule has 5 heteroatoms. The molecule has 0 aliphatic carbocycles. The summed E-state index contributed by atoms with van der Waals surface area (Å²) in [6.07, 6.45) is 3.63. The van der Waals surface area contributed by atoms with Gasteiger partial charge >= 0.3 is 0 Å². The Morgan fingerprint density at radius 3 is 2.95 bits per heavy atom. The van der Waals surface area contributed by atoms with Crippen LogP contribution in [0.3, 0.4) is 0 Å². The van der Waals surface area contributed by atoms with Crippen LogP contribution in [0.5, 0.6) is 5.88 Å². The molecule has 112 valence electrons. The molecular weight excluding hydrogens is 274 g/mol. The van der Waals surface area contributed by atoms with Gasteiger partial charge in [-0.15, -0.1) is 11.6 Å². The van der Waals surface area contributed by atoms with Crippen molar-refractivity contribution in [1.82, 2.24) is 9.97 Å². The Morgan fingerprint density at radius 2 is 2.25 bits per heavy atom. The lowest BCUT2D eigenvalue weighted by Crippen LogP contribution is -2.36. The summed E-state index contributed by atoms with van der Waals surface area (Å²) in [5.74, 6) is 2.84. The summed E-state index contributed by atoms with van der Waals surface area (Å²) in [7, 11) is 0. The predicted octanol–water partition coefficient (Wildman–Crippen LogP) is 3.42. The summed E-state index contributed by atoms with van der Waals surface area (Å²) >= 11 is 5.87. The number of alkyl halides is 1. The Hall–Kier alpha value is -1.03. The van der Waals surface area contributed by atoms with Crippen LogP contribution < -0.4 is 9.64 Å². The molecule has 1 aromatic rings. The summed E-state index contributed by atoms with van der Waals surface area (Å²) in [4.78, 5) is 11.4. The Bertz CT molecular complexity index is 437. The first kappa shape index (κ1) is 15.4. The van der Waals surface area contributed by atoms with E-state index in [1.165, 1.54) is 12.8 Å². The number of piperidine rings is 1. The molecule has 0 bridgehead atoms. The van der Waals surface area contributed by atoms with E-state index in [1.54, 1.807) is 0 Å². The van der Waals surface area contributed by atoms with Crippen molar-refractivity contribution < 1.29 is 4.74 Å². The molecule has 0 N–H and O–H groups in total. The maximum Gasteiger partial charge on any atom is 0.228 e. The van der Waals surface area contributed by atoms with Crippen LogP contribution in [0, 0.1) is 12.8 Å². The highest BCUT2D eigenvalue weighted by molar-refractivity contribution is 6.17. The van der Waals surface area contributed by atoms with E-state index < -0.39 is 0 Å². The largest absolute Gasteiger partial charge is 0.475 e. The molecule has 2 rings (SSSR count). The molecule has 0 aromatic carbocycles. The van der Waals surface area contributed by atoms with E-state index in [4.69, 9.17) is 16.3 Å². The van der Waals surface area contributed by atoms with E-state index in [-0.39, 0.29) is 6.10 Å². The maximum atomic E-state index is 5.87. The number of aryl methyl sites for hydroxylation is 1. The number of nitrogens with zero attached hydrogens (tertiary/aromatic N) is 3. The van der Waals surface area contributed by atoms with Gasteiger partial charge in [-0.3, -0.25) is 0 Å². The SMILES string of the molecule is Cc1cc(OC(C)C)nc(N2CCCC(CCCl)C2)n1. The van der Waals surface area contributed by atoms with Gasteiger partial charge in [-0.2, -0.15) is 4.98 Å². The molecule has 0 amide bonds. The summed E-state index contributed by atoms with van der Waals surface area (Å²) in [6.45, 7) is 8.02. The second-order valence-electron chi connectivity index (χ2n) is 5.75. The second kappa shape index (κ2) is 7.11. The zero-order chi connectivity index (χ0) is 14.5. The van der Waals surface area contributed by atoms with Crippen molar-refractivity contribution in [2.75, 3.05) is 23.9 Å². The molecule has 0 radical (unpaired) electrons. The Balaban J connectivity index is 2.12. The van der Waals surface area contributed by atoms with Gasteiger partial charge in [-0.1, -0.05) is 0 Å². The van der Waals surface area contributed by atoms with Gasteiger partial charge in [0, 0.05) is 30.7 Å². The average Bonchev–Trinajstić information content (AvgIpc) is 2.38. The lowest BCUT2D eigenvalue weighted by Gasteiger charge is -2.32. The average molecular weight is 298 g/mol. The van der Waals surface area contributed by atoms with Gasteiger partial charge in [-0.25, -0.2) is 4.98 Å². The highest BCUT2D eigenvalue weighted by atomic mass is 35.5. The topological polar surface area (TPSA) is 38.2 Å². The van der Waals surface area contributed by atoms with Gasteiger partial charge in [0.15, 0.2) is 0 Å². The smallest absolute Gasteiger partial charge is 0.228 e. The van der Waals surface area contributed by atoms with Gasteiger partial charge < -0.3 is 9.64 Å². The van der Waals surface area contributed by atoms with Crippen LogP contribution in [0.2, 0.25) is 0 Å². The molecule has 1 saturated heterocycles. The Kier molecular flexibility index (Phi) is 5.46. The summed E-state index contributed by atoms with van der Waals surface area (Å²) in [6, 6.07) is 1.89. The van der Waals surface area contributed by atoms with Crippen molar-refractivity contribution in [2.24, 2.45) is 5.92 Å². The van der Waals surface area contributed by atoms with Crippen LogP contribution in [0.15, 0.2) is 6.07 Å². The van der Waals surface area contributed by atoms with Crippen LogP contribution in [0.4, 0.5) is 5.95 Å². The summed E-state index contributed by atoms with van der Waals surface area (Å²) < 4.78 is 5.70. The van der Waals surface area contributed by atoms with E-state index in [0.717, 1.165) is 37.0 Å². The fourth-order valence-corrected chi connectivity index (χ4v) is 2.91. The monoisotopic (exact) mass is 297 g/mol. The number of ether oxygens (including phenoxy) is 1. The van der Waals surface area contributed by atoms with Gasteiger partial charge in [0.05, 0.1) is 6.10 Å². The number of hydrogen-bond acceptors (Lipinski definition) is 4. The Morgan fingerprint density at radius 1 is 1.45 bits per heavy atom. The van der Waals surface area contributed by atoms with Gasteiger partial charge in [0.2, 0.25) is 11.8 Å². The summed E-state index contributed by atoms with van der Waals surface area (Å²) in [5, 5.41) is 0. The van der Waals surface area contributed by atoms with Crippen LogP contribution >= 0.6 is 11.6 Å². The lowest BCUT2D eigenvalue weighted by molar-refractivity contribution is 0.232. The zero-order valence-electron chi connectivity index (χ0n) is 12.6. The number of rotatable bonds is 5. The quantitative estimate of drug-likeness (QED) is 0.781. The first-order chi connectivity index (χ1) is 9.58. The number of halogens is 1. The van der Waals surface area contributed by atoms with Crippen molar-refractivity contribution in [2.45, 2.75) is 46.1 Å². The van der Waals surface area contributed by atoms with Crippen LogP contribution in [-0.2, 0) is 0 Å². The molecule has 20 heavy (non-hydrogen) atoms. The fourth-order valence-electron chi connectivity index (χ4n) is 2.60. The molecule has 4 nitrogen and oxygen atoms in total. The van der Waals surface area contributed by atoms with Gasteiger partial charge in [-0.05, 0) is 46.0 Å². The van der Waals surface area contributed by atoms with E-state index in [9.17, 15) is 0 Å². The molecule has 1 fully saturated rings. The highest BCUT2D eigenvalue weighted by Crippen LogP contribution is 2.24. The molecule has 1 aliphatic rings. The van der Waals surface area contributed by atoms with Crippen LogP contribution in [0.25, 0.3) is 0 Å². The number of aromatic nitrogens is 2. The molecule has 1 atom stereocenters. The lowest BCUT2D eigenvalue weighted by atomic mass is 9.96. The zero-order valence-corrected chi connectivity index (χ0v) is 13.4. The maximum absolute atomic E-state index is 5.87. The third kappa shape index (κ3) is 4.23. The van der Waals surface area contributed by atoms with Crippen molar-refractivity contribution in [3.8, 4) is 5.88 Å². The van der Waals surface area contributed by atoms with Crippen molar-refractivity contribution in [3.05, 3.63) is 11.8 Å². The van der Waals surface area contributed by atoms with E-state index in [0.29, 0.717) is 11.8 Å². The van der Waals surface area contributed by atoms with Crippen molar-refractivity contribution in [3.63, 3.8) is 0 Å². The van der Waals surface area contributed by atoms with Crippen LogP contribution in [-0.4, -0.2) is 35.0 Å². The third-order valence-corrected chi connectivity index (χ3v) is 3.71. The second-order valence-corrected chi connectivity index (χ2v) is 6.12. The molecule has 0 saturated carbocycles. The van der Waals surface area contributed by atoms with Crippen molar-refractivity contribution >= 4 is 17.5 Å². The minimum Gasteiger partial charge on any atom is -0.475 e. The molecule has 0 spiro atoms. The van der Waals surface area contributed by atoms with E-state index in [1.807, 2.05) is 26.8 Å². The predicted molar refractivity (Wildman–Crippen MR) is 82.8 cm³/mol. The minimum absolute atomic E-state index is 0.127. The molecular formula is C15H24ClN3O. The van der Waals surface area contributed by atoms with Crippen LogP contribution in [0.1, 0.15) is 38.8 Å². The molecule has 2 heterocycles.